The lowest BCUT2D eigenvalue weighted by atomic mass is 10.2. The minimum Gasteiger partial charge on any atom is -0.481 e. The fraction of sp³-hybridized carbons (Fsp3) is 0.357. The molecule has 0 bridgehead atoms. The first-order chi connectivity index (χ1) is 9.13. The lowest BCUT2D eigenvalue weighted by molar-refractivity contribution is -0.137. The van der Waals surface area contributed by atoms with Crippen LogP contribution in [-0.2, 0) is 17.8 Å². The third kappa shape index (κ3) is 2.81. The topological polar surface area (TPSA) is 72.2 Å². The smallest absolute Gasteiger partial charge is 0.303 e. The summed E-state index contributed by atoms with van der Waals surface area (Å²) in [7, 11) is 0. The second-order valence-corrected chi connectivity index (χ2v) is 4.40. The van der Waals surface area contributed by atoms with E-state index in [2.05, 4.69) is 4.98 Å². The highest BCUT2D eigenvalue weighted by Gasteiger charge is 2.11. The summed E-state index contributed by atoms with van der Waals surface area (Å²) in [6.45, 7) is 2.54. The second kappa shape index (κ2) is 5.65. The normalized spacial score (nSPS) is 10.8. The van der Waals surface area contributed by atoms with Gasteiger partial charge in [-0.05, 0) is 18.6 Å². The predicted molar refractivity (Wildman–Crippen MR) is 72.3 cm³/mol. The molecule has 0 amide bonds. The molecule has 0 aliphatic rings. The van der Waals surface area contributed by atoms with Crippen LogP contribution in [0.1, 0.15) is 25.6 Å². The summed E-state index contributed by atoms with van der Waals surface area (Å²) in [4.78, 5) is 27.5. The van der Waals surface area contributed by atoms with Crippen molar-refractivity contribution in [1.29, 1.82) is 0 Å². The molecule has 5 nitrogen and oxygen atoms in total. The fourth-order valence-corrected chi connectivity index (χ4v) is 2.08. The van der Waals surface area contributed by atoms with Gasteiger partial charge in [0.2, 0.25) is 0 Å². The van der Waals surface area contributed by atoms with Gasteiger partial charge >= 0.3 is 5.97 Å². The van der Waals surface area contributed by atoms with E-state index in [1.165, 1.54) is 0 Å². The van der Waals surface area contributed by atoms with Gasteiger partial charge in [0.05, 0.1) is 17.3 Å². The number of fused-ring (bicyclic) bond motifs is 1. The molecule has 2 aromatic rings. The molecule has 0 saturated carbocycles. The van der Waals surface area contributed by atoms with Gasteiger partial charge in [-0.2, -0.15) is 0 Å². The van der Waals surface area contributed by atoms with Crippen LogP contribution in [0.15, 0.2) is 29.1 Å². The molecule has 0 aliphatic carbocycles. The molecule has 2 rings (SSSR count). The van der Waals surface area contributed by atoms with Gasteiger partial charge in [-0.3, -0.25) is 14.2 Å². The van der Waals surface area contributed by atoms with Gasteiger partial charge in [0, 0.05) is 13.0 Å². The monoisotopic (exact) mass is 260 g/mol. The number of carboxylic acids is 1. The van der Waals surface area contributed by atoms with E-state index in [0.29, 0.717) is 23.3 Å². The Labute approximate surface area is 110 Å². The van der Waals surface area contributed by atoms with E-state index in [4.69, 9.17) is 5.11 Å². The molecule has 1 aromatic heterocycles. The molecule has 1 N–H and O–H groups in total. The zero-order valence-electron chi connectivity index (χ0n) is 10.8. The number of aliphatic carboxylic acids is 1. The van der Waals surface area contributed by atoms with Gasteiger partial charge in [0.25, 0.3) is 5.56 Å². The van der Waals surface area contributed by atoms with Crippen LogP contribution in [0, 0.1) is 0 Å². The van der Waals surface area contributed by atoms with E-state index < -0.39 is 5.97 Å². The average molecular weight is 260 g/mol. The standard InChI is InChI=1S/C14H16N2O3/c1-2-9-16-12(7-8-13(17)18)15-11-6-4-3-5-10(11)14(16)19/h3-6H,2,7-9H2,1H3,(H,17,18). The number of benzene rings is 1. The maximum atomic E-state index is 12.4. The minimum absolute atomic E-state index is 0.0194. The highest BCUT2D eigenvalue weighted by atomic mass is 16.4. The van der Waals surface area contributed by atoms with Crippen molar-refractivity contribution in [2.24, 2.45) is 0 Å². The molecule has 19 heavy (non-hydrogen) atoms. The Kier molecular flexibility index (Phi) is 3.94. The SMILES string of the molecule is CCCn1c(CCC(=O)O)nc2ccccc2c1=O. The van der Waals surface area contributed by atoms with Gasteiger partial charge < -0.3 is 5.11 Å². The van der Waals surface area contributed by atoms with Crippen molar-refractivity contribution in [1.82, 2.24) is 9.55 Å². The van der Waals surface area contributed by atoms with E-state index in [1.54, 1.807) is 22.8 Å². The second-order valence-electron chi connectivity index (χ2n) is 4.40. The number of hydrogen-bond acceptors (Lipinski definition) is 3. The van der Waals surface area contributed by atoms with E-state index in [0.717, 1.165) is 6.42 Å². The molecular formula is C14H16N2O3. The van der Waals surface area contributed by atoms with E-state index in [9.17, 15) is 9.59 Å². The number of carbonyl (C=O) groups is 1. The van der Waals surface area contributed by atoms with Crippen LogP contribution in [0.5, 0.6) is 0 Å². The Morgan fingerprint density at radius 1 is 1.37 bits per heavy atom. The molecule has 0 spiro atoms. The van der Waals surface area contributed by atoms with Crippen LogP contribution >= 0.6 is 0 Å². The summed E-state index contributed by atoms with van der Waals surface area (Å²) < 4.78 is 1.59. The first-order valence-corrected chi connectivity index (χ1v) is 6.33. The maximum absolute atomic E-state index is 12.4. The van der Waals surface area contributed by atoms with Gasteiger partial charge in [-0.15, -0.1) is 0 Å². The maximum Gasteiger partial charge on any atom is 0.303 e. The molecule has 100 valence electrons. The number of rotatable bonds is 5. The molecule has 1 heterocycles. The van der Waals surface area contributed by atoms with E-state index in [-0.39, 0.29) is 18.4 Å². The Bertz CT molecular complexity index is 661. The number of hydrogen-bond donors (Lipinski definition) is 1. The summed E-state index contributed by atoms with van der Waals surface area (Å²) in [5, 5.41) is 9.34. The first kappa shape index (κ1) is 13.3. The van der Waals surface area contributed by atoms with Crippen molar-refractivity contribution in [2.75, 3.05) is 0 Å². The number of aryl methyl sites for hydroxylation is 1. The fourth-order valence-electron chi connectivity index (χ4n) is 2.08. The summed E-state index contributed by atoms with van der Waals surface area (Å²) in [6, 6.07) is 7.15. The summed E-state index contributed by atoms with van der Waals surface area (Å²) in [5.41, 5.74) is 0.535. The van der Waals surface area contributed by atoms with Crippen LogP contribution < -0.4 is 5.56 Å². The van der Waals surface area contributed by atoms with Crippen LogP contribution in [0.25, 0.3) is 10.9 Å². The summed E-state index contributed by atoms with van der Waals surface area (Å²) in [6.07, 6.45) is 1.06. The zero-order chi connectivity index (χ0) is 13.8. The third-order valence-corrected chi connectivity index (χ3v) is 2.95. The van der Waals surface area contributed by atoms with Gasteiger partial charge in [-0.1, -0.05) is 19.1 Å². The molecule has 5 heteroatoms. The minimum atomic E-state index is -0.884. The Balaban J connectivity index is 2.56. The molecule has 0 atom stereocenters. The number of aromatic nitrogens is 2. The quantitative estimate of drug-likeness (QED) is 0.890. The average Bonchev–Trinajstić information content (AvgIpc) is 2.40. The Morgan fingerprint density at radius 3 is 2.79 bits per heavy atom. The third-order valence-electron chi connectivity index (χ3n) is 2.95. The first-order valence-electron chi connectivity index (χ1n) is 6.33. The number of para-hydroxylation sites is 1. The van der Waals surface area contributed by atoms with Crippen LogP contribution in [0.3, 0.4) is 0 Å². The molecule has 0 fully saturated rings. The number of carboxylic acid groups (broad SMARTS) is 1. The van der Waals surface area contributed by atoms with Crippen molar-refractivity contribution >= 4 is 16.9 Å². The van der Waals surface area contributed by atoms with Crippen LogP contribution in [0.4, 0.5) is 0 Å². The number of nitrogens with zero attached hydrogens (tertiary/aromatic N) is 2. The molecule has 0 radical (unpaired) electrons. The van der Waals surface area contributed by atoms with Crippen LogP contribution in [0.2, 0.25) is 0 Å². The summed E-state index contributed by atoms with van der Waals surface area (Å²) in [5.74, 6) is -0.335. The van der Waals surface area contributed by atoms with Crippen molar-refractivity contribution in [3.8, 4) is 0 Å². The van der Waals surface area contributed by atoms with Gasteiger partial charge in [0.1, 0.15) is 5.82 Å². The molecular weight excluding hydrogens is 244 g/mol. The van der Waals surface area contributed by atoms with Crippen LogP contribution in [-0.4, -0.2) is 20.6 Å². The highest BCUT2D eigenvalue weighted by molar-refractivity contribution is 5.77. The lowest BCUT2D eigenvalue weighted by Gasteiger charge is -2.11. The van der Waals surface area contributed by atoms with Crippen molar-refractivity contribution in [3.05, 3.63) is 40.4 Å². The molecule has 0 saturated heterocycles. The molecule has 0 aliphatic heterocycles. The van der Waals surface area contributed by atoms with Gasteiger partial charge in [-0.25, -0.2) is 4.98 Å². The predicted octanol–water partition coefficient (Wildman–Crippen LogP) is 1.82. The zero-order valence-corrected chi connectivity index (χ0v) is 10.8. The highest BCUT2D eigenvalue weighted by Crippen LogP contribution is 2.09. The Morgan fingerprint density at radius 2 is 2.11 bits per heavy atom. The van der Waals surface area contributed by atoms with E-state index >= 15 is 0 Å². The van der Waals surface area contributed by atoms with Crippen molar-refractivity contribution < 1.29 is 9.90 Å². The Hall–Kier alpha value is -2.17. The van der Waals surface area contributed by atoms with E-state index in [1.807, 2.05) is 13.0 Å². The summed E-state index contributed by atoms with van der Waals surface area (Å²) >= 11 is 0. The van der Waals surface area contributed by atoms with Crippen molar-refractivity contribution in [2.45, 2.75) is 32.7 Å². The molecule has 1 aromatic carbocycles. The largest absolute Gasteiger partial charge is 0.481 e. The lowest BCUT2D eigenvalue weighted by Crippen LogP contribution is -2.25. The van der Waals surface area contributed by atoms with Gasteiger partial charge in [0.15, 0.2) is 0 Å². The molecule has 0 unspecified atom stereocenters. The van der Waals surface area contributed by atoms with Crippen molar-refractivity contribution in [3.63, 3.8) is 0 Å².